The summed E-state index contributed by atoms with van der Waals surface area (Å²) in [6.45, 7) is 1.77. The molecule has 0 aliphatic carbocycles. The molecule has 0 saturated heterocycles. The van der Waals surface area contributed by atoms with E-state index in [4.69, 9.17) is 6.42 Å². The van der Waals surface area contributed by atoms with Crippen molar-refractivity contribution in [2.75, 3.05) is 0 Å². The lowest BCUT2D eigenvalue weighted by molar-refractivity contribution is 0.0952. The van der Waals surface area contributed by atoms with Gasteiger partial charge in [-0.15, -0.1) is 17.8 Å². The smallest absolute Gasteiger partial charge is 0.262 e. The minimum atomic E-state index is -0.209. The zero-order valence-electron chi connectivity index (χ0n) is 6.70. The summed E-state index contributed by atoms with van der Waals surface area (Å²) in [5, 5.41) is 4.52. The molecule has 12 heavy (non-hydrogen) atoms. The summed E-state index contributed by atoms with van der Waals surface area (Å²) in [6.07, 6.45) is 5.11. The van der Waals surface area contributed by atoms with Gasteiger partial charge in [-0.2, -0.15) is 0 Å². The fourth-order valence-corrected chi connectivity index (χ4v) is 1.34. The van der Waals surface area contributed by atoms with Gasteiger partial charge in [0, 0.05) is 0 Å². The summed E-state index contributed by atoms with van der Waals surface area (Å²) in [7, 11) is 0. The van der Waals surface area contributed by atoms with Crippen molar-refractivity contribution in [2.45, 2.75) is 13.0 Å². The number of carbonyl (C=O) groups excluding carboxylic acids is 1. The second-order valence-electron chi connectivity index (χ2n) is 2.34. The lowest BCUT2D eigenvalue weighted by Gasteiger charge is -2.04. The van der Waals surface area contributed by atoms with Crippen LogP contribution in [-0.2, 0) is 0 Å². The van der Waals surface area contributed by atoms with Gasteiger partial charge in [0.2, 0.25) is 0 Å². The summed E-state index contributed by atoms with van der Waals surface area (Å²) in [5.41, 5.74) is 0. The molecule has 0 saturated carbocycles. The maximum Gasteiger partial charge on any atom is 0.262 e. The first-order chi connectivity index (χ1) is 5.74. The van der Waals surface area contributed by atoms with Gasteiger partial charge in [0.15, 0.2) is 0 Å². The van der Waals surface area contributed by atoms with E-state index in [9.17, 15) is 4.79 Å². The van der Waals surface area contributed by atoms with Gasteiger partial charge in [0.25, 0.3) is 5.91 Å². The van der Waals surface area contributed by atoms with Gasteiger partial charge in [0.1, 0.15) is 0 Å². The highest BCUT2D eigenvalue weighted by Crippen LogP contribution is 2.07. The van der Waals surface area contributed by atoms with Crippen molar-refractivity contribution in [3.63, 3.8) is 0 Å². The molecule has 62 valence electrons. The minimum Gasteiger partial charge on any atom is -0.338 e. The summed E-state index contributed by atoms with van der Waals surface area (Å²) in [5.74, 6) is 2.33. The molecule has 0 fully saturated rings. The Morgan fingerprint density at radius 3 is 3.08 bits per heavy atom. The van der Waals surface area contributed by atoms with Crippen molar-refractivity contribution in [3.8, 4) is 12.3 Å². The van der Waals surface area contributed by atoms with E-state index in [2.05, 4.69) is 11.2 Å². The van der Waals surface area contributed by atoms with Crippen LogP contribution in [0.4, 0.5) is 0 Å². The third kappa shape index (κ3) is 2.11. The van der Waals surface area contributed by atoms with Crippen LogP contribution < -0.4 is 5.32 Å². The van der Waals surface area contributed by atoms with Crippen LogP contribution in [0.25, 0.3) is 0 Å². The van der Waals surface area contributed by atoms with Crippen molar-refractivity contribution < 1.29 is 4.79 Å². The van der Waals surface area contributed by atoms with E-state index >= 15 is 0 Å². The van der Waals surface area contributed by atoms with Crippen molar-refractivity contribution in [1.29, 1.82) is 0 Å². The number of amides is 1. The maximum absolute atomic E-state index is 11.3. The monoisotopic (exact) mass is 179 g/mol. The largest absolute Gasteiger partial charge is 0.338 e. The molecule has 1 atom stereocenters. The van der Waals surface area contributed by atoms with Gasteiger partial charge in [-0.3, -0.25) is 4.79 Å². The van der Waals surface area contributed by atoms with E-state index in [1.165, 1.54) is 11.3 Å². The highest BCUT2D eigenvalue weighted by molar-refractivity contribution is 7.12. The Morgan fingerprint density at radius 2 is 2.58 bits per heavy atom. The summed E-state index contributed by atoms with van der Waals surface area (Å²) >= 11 is 1.40. The Bertz CT molecular complexity index is 297. The molecule has 1 N–H and O–H groups in total. The molecular weight excluding hydrogens is 170 g/mol. The van der Waals surface area contributed by atoms with Gasteiger partial charge < -0.3 is 5.32 Å². The molecule has 1 amide bonds. The number of terminal acetylenes is 1. The Kier molecular flexibility index (Phi) is 2.89. The molecule has 1 heterocycles. The molecule has 0 aromatic carbocycles. The molecule has 2 nitrogen and oxygen atoms in total. The summed E-state index contributed by atoms with van der Waals surface area (Å²) < 4.78 is 0. The van der Waals surface area contributed by atoms with Crippen LogP contribution in [0.2, 0.25) is 0 Å². The van der Waals surface area contributed by atoms with Crippen LogP contribution in [0, 0.1) is 12.3 Å². The van der Waals surface area contributed by atoms with Gasteiger partial charge in [-0.25, -0.2) is 0 Å². The average molecular weight is 179 g/mol. The van der Waals surface area contributed by atoms with Gasteiger partial charge >= 0.3 is 0 Å². The number of hydrogen-bond donors (Lipinski definition) is 1. The van der Waals surface area contributed by atoms with Crippen LogP contribution in [0.3, 0.4) is 0 Å². The number of nitrogens with one attached hydrogen (secondary N) is 1. The highest BCUT2D eigenvalue weighted by Gasteiger charge is 2.07. The fraction of sp³-hybridized carbons (Fsp3) is 0.222. The first-order valence-electron chi connectivity index (χ1n) is 3.54. The van der Waals surface area contributed by atoms with E-state index < -0.39 is 0 Å². The van der Waals surface area contributed by atoms with Crippen molar-refractivity contribution in [3.05, 3.63) is 22.4 Å². The summed E-state index contributed by atoms with van der Waals surface area (Å²) in [4.78, 5) is 12.0. The van der Waals surface area contributed by atoms with Crippen LogP contribution in [0.5, 0.6) is 0 Å². The second-order valence-corrected chi connectivity index (χ2v) is 3.29. The Balaban J connectivity index is 2.57. The SMILES string of the molecule is C#CC(C)NC(=O)c1cccs1. The van der Waals surface area contributed by atoms with Crippen LogP contribution >= 0.6 is 11.3 Å². The molecule has 1 aromatic rings. The number of thiophene rings is 1. The van der Waals surface area contributed by atoms with Crippen LogP contribution in [0.1, 0.15) is 16.6 Å². The van der Waals surface area contributed by atoms with Crippen molar-refractivity contribution in [2.24, 2.45) is 0 Å². The first kappa shape index (κ1) is 8.82. The lowest BCUT2D eigenvalue weighted by atomic mass is 10.3. The maximum atomic E-state index is 11.3. The van der Waals surface area contributed by atoms with Crippen LogP contribution in [0.15, 0.2) is 17.5 Å². The van der Waals surface area contributed by atoms with E-state index in [0.29, 0.717) is 4.88 Å². The van der Waals surface area contributed by atoms with Crippen LogP contribution in [-0.4, -0.2) is 11.9 Å². The molecule has 0 spiro atoms. The zero-order chi connectivity index (χ0) is 8.97. The predicted molar refractivity (Wildman–Crippen MR) is 50.1 cm³/mol. The molecule has 0 aliphatic rings. The molecule has 1 aromatic heterocycles. The molecule has 1 rings (SSSR count). The topological polar surface area (TPSA) is 29.1 Å². The van der Waals surface area contributed by atoms with E-state index in [-0.39, 0.29) is 11.9 Å². The molecular formula is C9H9NOS. The molecule has 3 heteroatoms. The van der Waals surface area contributed by atoms with E-state index in [1.807, 2.05) is 11.4 Å². The van der Waals surface area contributed by atoms with Gasteiger partial charge in [-0.05, 0) is 18.4 Å². The third-order valence-electron chi connectivity index (χ3n) is 1.34. The Hall–Kier alpha value is -1.27. The number of carbonyl (C=O) groups is 1. The van der Waals surface area contributed by atoms with E-state index in [0.717, 1.165) is 0 Å². The molecule has 1 unspecified atom stereocenters. The van der Waals surface area contributed by atoms with Gasteiger partial charge in [0.05, 0.1) is 10.9 Å². The average Bonchev–Trinajstić information content (AvgIpc) is 2.56. The van der Waals surface area contributed by atoms with Crippen molar-refractivity contribution >= 4 is 17.2 Å². The lowest BCUT2D eigenvalue weighted by Crippen LogP contribution is -2.30. The second kappa shape index (κ2) is 3.93. The first-order valence-corrected chi connectivity index (χ1v) is 4.42. The molecule has 0 aliphatic heterocycles. The zero-order valence-corrected chi connectivity index (χ0v) is 7.52. The minimum absolute atomic E-state index is 0.101. The highest BCUT2D eigenvalue weighted by atomic mass is 32.1. The summed E-state index contributed by atoms with van der Waals surface area (Å²) in [6, 6.07) is 3.39. The van der Waals surface area contributed by atoms with Crippen molar-refractivity contribution in [1.82, 2.24) is 5.32 Å². The Morgan fingerprint density at radius 1 is 1.83 bits per heavy atom. The number of rotatable bonds is 2. The standard InChI is InChI=1S/C9H9NOS/c1-3-7(2)10-9(11)8-5-4-6-12-8/h1,4-7H,2H3,(H,10,11). The normalized spacial score (nSPS) is 11.7. The van der Waals surface area contributed by atoms with E-state index in [1.54, 1.807) is 13.0 Å². The molecule has 0 bridgehead atoms. The molecule has 0 radical (unpaired) electrons. The number of hydrogen-bond acceptors (Lipinski definition) is 2. The predicted octanol–water partition coefficient (Wildman–Crippen LogP) is 1.50. The third-order valence-corrected chi connectivity index (χ3v) is 2.21. The fourth-order valence-electron chi connectivity index (χ4n) is 0.717. The van der Waals surface area contributed by atoms with Gasteiger partial charge in [-0.1, -0.05) is 12.0 Å². The Labute approximate surface area is 75.6 Å². The quantitative estimate of drug-likeness (QED) is 0.685.